The van der Waals surface area contributed by atoms with E-state index in [4.69, 9.17) is 26.8 Å². The maximum Gasteiger partial charge on any atom is 0.179 e. The van der Waals surface area contributed by atoms with Crippen LogP contribution in [-0.2, 0) is 0 Å². The Hall–Kier alpha value is -0.970. The van der Waals surface area contributed by atoms with Crippen LogP contribution in [0.4, 0.5) is 0 Å². The highest BCUT2D eigenvalue weighted by Crippen LogP contribution is 2.40. The highest BCUT2D eigenvalue weighted by atomic mass is 35.5. The molecule has 1 heterocycles. The second kappa shape index (κ2) is 6.42. The number of rotatable bonds is 5. The van der Waals surface area contributed by atoms with E-state index in [9.17, 15) is 0 Å². The van der Waals surface area contributed by atoms with Crippen molar-refractivity contribution in [1.29, 1.82) is 0 Å². The summed E-state index contributed by atoms with van der Waals surface area (Å²) in [4.78, 5) is 2.34. The molecule has 2 N–H and O–H groups in total. The number of likely N-dealkylation sites (N-methyl/N-ethyl adjacent to an activating group) is 1. The van der Waals surface area contributed by atoms with Crippen molar-refractivity contribution in [3.8, 4) is 11.5 Å². The fourth-order valence-electron chi connectivity index (χ4n) is 3.10. The maximum absolute atomic E-state index is 6.33. The zero-order valence-corrected chi connectivity index (χ0v) is 13.2. The Kier molecular flexibility index (Phi) is 4.57. The van der Waals surface area contributed by atoms with Crippen LogP contribution in [0.3, 0.4) is 0 Å². The van der Waals surface area contributed by atoms with Crippen LogP contribution in [0.2, 0.25) is 5.02 Å². The summed E-state index contributed by atoms with van der Waals surface area (Å²) in [5, 5.41) is 0.609. The van der Waals surface area contributed by atoms with E-state index in [1.807, 2.05) is 12.1 Å². The molecule has 2 aliphatic rings. The predicted octanol–water partition coefficient (Wildman–Crippen LogP) is 2.84. The van der Waals surface area contributed by atoms with E-state index in [0.29, 0.717) is 30.5 Å². The topological polar surface area (TPSA) is 47.7 Å². The maximum atomic E-state index is 6.33. The highest BCUT2D eigenvalue weighted by molar-refractivity contribution is 6.32. The van der Waals surface area contributed by atoms with Crippen molar-refractivity contribution in [1.82, 2.24) is 4.90 Å². The van der Waals surface area contributed by atoms with Gasteiger partial charge in [-0.1, -0.05) is 18.0 Å². The summed E-state index contributed by atoms with van der Waals surface area (Å²) < 4.78 is 11.2. The molecule has 1 atom stereocenters. The molecule has 1 aliphatic heterocycles. The Morgan fingerprint density at radius 2 is 2.10 bits per heavy atom. The Morgan fingerprint density at radius 3 is 2.76 bits per heavy atom. The molecule has 3 rings (SSSR count). The van der Waals surface area contributed by atoms with E-state index in [1.165, 1.54) is 19.3 Å². The molecule has 0 bridgehead atoms. The van der Waals surface area contributed by atoms with Gasteiger partial charge in [0, 0.05) is 19.1 Å². The lowest BCUT2D eigenvalue weighted by molar-refractivity contribution is 0.161. The number of hydrogen-bond acceptors (Lipinski definition) is 4. The average Bonchev–Trinajstić information content (AvgIpc) is 2.44. The molecule has 1 saturated carbocycles. The van der Waals surface area contributed by atoms with Gasteiger partial charge >= 0.3 is 0 Å². The Labute approximate surface area is 131 Å². The molecule has 0 amide bonds. The molecule has 1 aromatic carbocycles. The highest BCUT2D eigenvalue weighted by Gasteiger charge is 2.25. The second-order valence-corrected chi connectivity index (χ2v) is 6.42. The van der Waals surface area contributed by atoms with Gasteiger partial charge in [-0.05, 0) is 43.5 Å². The van der Waals surface area contributed by atoms with Crippen LogP contribution in [0.15, 0.2) is 12.1 Å². The van der Waals surface area contributed by atoms with E-state index >= 15 is 0 Å². The number of hydrogen-bond donors (Lipinski definition) is 1. The largest absolute Gasteiger partial charge is 0.486 e. The quantitative estimate of drug-likeness (QED) is 0.908. The van der Waals surface area contributed by atoms with E-state index in [2.05, 4.69) is 11.9 Å². The van der Waals surface area contributed by atoms with Crippen LogP contribution in [-0.4, -0.2) is 38.3 Å². The monoisotopic (exact) mass is 310 g/mol. The van der Waals surface area contributed by atoms with Crippen LogP contribution in [0, 0.1) is 5.92 Å². The molecule has 0 aromatic heterocycles. The van der Waals surface area contributed by atoms with Crippen molar-refractivity contribution in [3.63, 3.8) is 0 Å². The van der Waals surface area contributed by atoms with Crippen LogP contribution in [0.1, 0.15) is 30.9 Å². The third-order valence-electron chi connectivity index (χ3n) is 4.53. The van der Waals surface area contributed by atoms with Crippen molar-refractivity contribution < 1.29 is 9.47 Å². The van der Waals surface area contributed by atoms with Gasteiger partial charge < -0.3 is 15.2 Å². The number of halogens is 1. The third-order valence-corrected chi connectivity index (χ3v) is 4.81. The van der Waals surface area contributed by atoms with Crippen molar-refractivity contribution in [3.05, 3.63) is 22.7 Å². The zero-order valence-electron chi connectivity index (χ0n) is 12.5. The van der Waals surface area contributed by atoms with Crippen LogP contribution in [0.5, 0.6) is 11.5 Å². The minimum absolute atomic E-state index is 0.166. The van der Waals surface area contributed by atoms with Gasteiger partial charge in [-0.2, -0.15) is 0 Å². The molecular formula is C16H23ClN2O2. The Bertz CT molecular complexity index is 505. The number of nitrogens with two attached hydrogens (primary N) is 1. The normalized spacial score (nSPS) is 19.4. The first-order valence-electron chi connectivity index (χ1n) is 7.68. The van der Waals surface area contributed by atoms with Crippen molar-refractivity contribution in [2.75, 3.05) is 33.4 Å². The number of benzene rings is 1. The van der Waals surface area contributed by atoms with Crippen LogP contribution in [0.25, 0.3) is 0 Å². The summed E-state index contributed by atoms with van der Waals surface area (Å²) in [7, 11) is 2.14. The zero-order chi connectivity index (χ0) is 14.8. The van der Waals surface area contributed by atoms with Crippen molar-refractivity contribution >= 4 is 11.6 Å². The molecule has 4 nitrogen and oxygen atoms in total. The lowest BCUT2D eigenvalue weighted by Gasteiger charge is -2.35. The first-order valence-corrected chi connectivity index (χ1v) is 8.06. The van der Waals surface area contributed by atoms with Crippen molar-refractivity contribution in [2.45, 2.75) is 25.3 Å². The molecule has 1 aromatic rings. The molecular weight excluding hydrogens is 288 g/mol. The minimum Gasteiger partial charge on any atom is -0.486 e. The SMILES string of the molecule is CN(CC1CCC1)C(CN)c1cc(Cl)c2c(c1)OCCO2. The molecule has 0 radical (unpaired) electrons. The van der Waals surface area contributed by atoms with Gasteiger partial charge in [-0.3, -0.25) is 4.90 Å². The number of fused-ring (bicyclic) bond motifs is 1. The van der Waals surface area contributed by atoms with Gasteiger partial charge in [0.25, 0.3) is 0 Å². The average molecular weight is 311 g/mol. The first-order chi connectivity index (χ1) is 10.2. The summed E-state index contributed by atoms with van der Waals surface area (Å²) >= 11 is 6.33. The second-order valence-electron chi connectivity index (χ2n) is 6.01. The molecule has 21 heavy (non-hydrogen) atoms. The summed E-state index contributed by atoms with van der Waals surface area (Å²) in [6.45, 7) is 2.78. The Balaban J connectivity index is 1.80. The molecule has 0 saturated heterocycles. The van der Waals surface area contributed by atoms with Gasteiger partial charge in [0.15, 0.2) is 11.5 Å². The third kappa shape index (κ3) is 3.12. The van der Waals surface area contributed by atoms with Gasteiger partial charge in [0.05, 0.1) is 5.02 Å². The van der Waals surface area contributed by atoms with Gasteiger partial charge in [-0.25, -0.2) is 0 Å². The minimum atomic E-state index is 0.166. The van der Waals surface area contributed by atoms with E-state index in [0.717, 1.165) is 23.8 Å². The van der Waals surface area contributed by atoms with Gasteiger partial charge in [-0.15, -0.1) is 0 Å². The van der Waals surface area contributed by atoms with E-state index in [-0.39, 0.29) is 6.04 Å². The van der Waals surface area contributed by atoms with E-state index < -0.39 is 0 Å². The number of ether oxygens (including phenoxy) is 2. The molecule has 1 unspecified atom stereocenters. The van der Waals surface area contributed by atoms with Crippen molar-refractivity contribution in [2.24, 2.45) is 11.7 Å². The molecule has 0 spiro atoms. The van der Waals surface area contributed by atoms with Crippen LogP contribution >= 0.6 is 11.6 Å². The first kappa shape index (κ1) is 14.9. The summed E-state index contributed by atoms with van der Waals surface area (Å²) in [5.74, 6) is 2.21. The summed E-state index contributed by atoms with van der Waals surface area (Å²) in [5.41, 5.74) is 7.12. The smallest absolute Gasteiger partial charge is 0.179 e. The fourth-order valence-corrected chi connectivity index (χ4v) is 3.38. The number of nitrogens with zero attached hydrogens (tertiary/aromatic N) is 1. The lowest BCUT2D eigenvalue weighted by Crippen LogP contribution is -2.36. The Morgan fingerprint density at radius 1 is 1.33 bits per heavy atom. The van der Waals surface area contributed by atoms with Gasteiger partial charge in [0.1, 0.15) is 13.2 Å². The molecule has 1 aliphatic carbocycles. The van der Waals surface area contributed by atoms with E-state index in [1.54, 1.807) is 0 Å². The molecule has 5 heteroatoms. The fraction of sp³-hybridized carbons (Fsp3) is 0.625. The van der Waals surface area contributed by atoms with Gasteiger partial charge in [0.2, 0.25) is 0 Å². The predicted molar refractivity (Wildman–Crippen MR) is 84.2 cm³/mol. The molecule has 1 fully saturated rings. The summed E-state index contributed by atoms with van der Waals surface area (Å²) in [6, 6.07) is 4.15. The summed E-state index contributed by atoms with van der Waals surface area (Å²) in [6.07, 6.45) is 4.04. The van der Waals surface area contributed by atoms with Crippen LogP contribution < -0.4 is 15.2 Å². The standard InChI is InChI=1S/C16H23ClN2O2/c1-19(10-11-3-2-4-11)14(9-18)12-7-13(17)16-15(8-12)20-5-6-21-16/h7-8,11,14H,2-6,9-10,18H2,1H3. The lowest BCUT2D eigenvalue weighted by atomic mass is 9.84. The molecule has 116 valence electrons.